The van der Waals surface area contributed by atoms with Crippen LogP contribution in [0.25, 0.3) is 54.9 Å². The van der Waals surface area contributed by atoms with Crippen LogP contribution in [0.4, 0.5) is 0 Å². The van der Waals surface area contributed by atoms with Crippen LogP contribution in [0, 0.1) is 0 Å². The van der Waals surface area contributed by atoms with Gasteiger partial charge in [-0.15, -0.1) is 0 Å². The van der Waals surface area contributed by atoms with Crippen molar-refractivity contribution < 1.29 is 28.3 Å². The minimum Gasteiger partial charge on any atom is -0.497 e. The van der Waals surface area contributed by atoms with E-state index in [1.54, 1.807) is 14.2 Å². The molecule has 2 N–H and O–H groups in total. The van der Waals surface area contributed by atoms with Gasteiger partial charge >= 0.3 is 7.82 Å². The van der Waals surface area contributed by atoms with Crippen LogP contribution < -0.4 is 14.0 Å². The molecule has 0 atom stereocenters. The molecule has 0 spiro atoms. The van der Waals surface area contributed by atoms with E-state index in [2.05, 4.69) is 12.1 Å². The Morgan fingerprint density at radius 3 is 1.68 bits per heavy atom. The van der Waals surface area contributed by atoms with E-state index < -0.39 is 7.82 Å². The smallest absolute Gasteiger partial charge is 0.497 e. The van der Waals surface area contributed by atoms with Gasteiger partial charge in [-0.2, -0.15) is 0 Å². The van der Waals surface area contributed by atoms with Gasteiger partial charge in [-0.3, -0.25) is 9.79 Å². The maximum absolute atomic E-state index is 12.5. The SMILES string of the molecule is COc1ccc(-c2cc(-c3c(OP(=O)(O)O)c(-c4ccc(OC)cc4)cc4ccccc34)c3ccccc3c2)cc1. The van der Waals surface area contributed by atoms with Crippen LogP contribution in [-0.2, 0) is 4.57 Å². The van der Waals surface area contributed by atoms with Gasteiger partial charge in [0.05, 0.1) is 14.2 Å². The highest BCUT2D eigenvalue weighted by Crippen LogP contribution is 2.52. The average Bonchev–Trinajstić information content (AvgIpc) is 2.99. The minimum absolute atomic E-state index is 0.110. The zero-order valence-corrected chi connectivity index (χ0v) is 23.3. The second-order valence-electron chi connectivity index (χ2n) is 9.63. The summed E-state index contributed by atoms with van der Waals surface area (Å²) in [6.45, 7) is 0. The van der Waals surface area contributed by atoms with E-state index in [1.807, 2.05) is 103 Å². The topological polar surface area (TPSA) is 85.2 Å². The first-order valence-electron chi connectivity index (χ1n) is 13.0. The van der Waals surface area contributed by atoms with Crippen LogP contribution in [0.2, 0.25) is 0 Å². The number of phosphoric acid groups is 1. The number of phosphoric ester groups is 1. The summed E-state index contributed by atoms with van der Waals surface area (Å²) in [6.07, 6.45) is 0. The van der Waals surface area contributed by atoms with Gasteiger partial charge in [-0.05, 0) is 86.3 Å². The molecule has 0 amide bonds. The number of ether oxygens (including phenoxy) is 2. The predicted molar refractivity (Wildman–Crippen MR) is 164 cm³/mol. The van der Waals surface area contributed by atoms with Gasteiger partial charge in [-0.25, -0.2) is 4.57 Å². The highest BCUT2D eigenvalue weighted by atomic mass is 31.2. The van der Waals surface area contributed by atoms with Crippen molar-refractivity contribution in [1.29, 1.82) is 0 Å². The zero-order chi connectivity index (χ0) is 28.6. The summed E-state index contributed by atoms with van der Waals surface area (Å²) in [5.74, 6) is 1.54. The van der Waals surface area contributed by atoms with Crippen LogP contribution >= 0.6 is 7.82 Å². The third-order valence-electron chi connectivity index (χ3n) is 7.17. The first-order chi connectivity index (χ1) is 19.8. The lowest BCUT2D eigenvalue weighted by Gasteiger charge is -2.21. The van der Waals surface area contributed by atoms with E-state index in [4.69, 9.17) is 14.0 Å². The standard InChI is InChI=1S/C34H27O6P/c1-38-27-15-11-22(12-16-27)26-19-24-7-3-5-9-29(24)32(21-26)33-30-10-6-4-8-25(30)20-31(34(33)40-41(35,36)37)23-13-17-28(39-2)18-14-23/h3-21H,1-2H3,(H2,35,36,37). The van der Waals surface area contributed by atoms with Crippen molar-refractivity contribution >= 4 is 29.4 Å². The predicted octanol–water partition coefficient (Wildman–Crippen LogP) is 8.48. The Morgan fingerprint density at radius 2 is 1.10 bits per heavy atom. The molecule has 6 aromatic carbocycles. The molecule has 204 valence electrons. The van der Waals surface area contributed by atoms with Gasteiger partial charge in [0.1, 0.15) is 17.2 Å². The van der Waals surface area contributed by atoms with Crippen molar-refractivity contribution in [2.75, 3.05) is 14.2 Å². The van der Waals surface area contributed by atoms with E-state index in [0.29, 0.717) is 16.9 Å². The van der Waals surface area contributed by atoms with E-state index in [-0.39, 0.29) is 5.75 Å². The molecule has 0 aliphatic carbocycles. The van der Waals surface area contributed by atoms with E-state index >= 15 is 0 Å². The number of hydrogen-bond acceptors (Lipinski definition) is 4. The molecule has 0 unspecified atom stereocenters. The summed E-state index contributed by atoms with van der Waals surface area (Å²) in [7, 11) is -1.73. The monoisotopic (exact) mass is 562 g/mol. The van der Waals surface area contributed by atoms with E-state index in [0.717, 1.165) is 49.5 Å². The Kier molecular flexibility index (Phi) is 6.98. The Morgan fingerprint density at radius 1 is 0.561 bits per heavy atom. The normalized spacial score (nSPS) is 11.5. The molecular weight excluding hydrogens is 535 g/mol. The molecule has 0 heterocycles. The maximum atomic E-state index is 12.5. The van der Waals surface area contributed by atoms with Crippen molar-refractivity contribution in [1.82, 2.24) is 0 Å². The Balaban J connectivity index is 1.72. The van der Waals surface area contributed by atoms with E-state index in [1.165, 1.54) is 0 Å². The molecule has 0 fully saturated rings. The summed E-state index contributed by atoms with van der Waals surface area (Å²) in [5.41, 5.74) is 4.61. The van der Waals surface area contributed by atoms with Crippen molar-refractivity contribution in [3.8, 4) is 50.6 Å². The van der Waals surface area contributed by atoms with Gasteiger partial charge in [-0.1, -0.05) is 72.8 Å². The van der Waals surface area contributed by atoms with Crippen molar-refractivity contribution in [3.63, 3.8) is 0 Å². The van der Waals surface area contributed by atoms with Crippen LogP contribution in [0.5, 0.6) is 17.2 Å². The molecule has 0 bridgehead atoms. The fraction of sp³-hybridized carbons (Fsp3) is 0.0588. The molecule has 6 rings (SSSR count). The van der Waals surface area contributed by atoms with Gasteiger partial charge < -0.3 is 14.0 Å². The Bertz CT molecular complexity index is 1930. The summed E-state index contributed by atoms with van der Waals surface area (Å²) in [5, 5.41) is 3.63. The van der Waals surface area contributed by atoms with Crippen molar-refractivity contribution in [2.45, 2.75) is 0 Å². The number of fused-ring (bicyclic) bond motifs is 2. The maximum Gasteiger partial charge on any atom is 0.524 e. The highest BCUT2D eigenvalue weighted by molar-refractivity contribution is 7.46. The average molecular weight is 563 g/mol. The molecule has 0 aliphatic rings. The van der Waals surface area contributed by atoms with Gasteiger partial charge in [0.2, 0.25) is 0 Å². The van der Waals surface area contributed by atoms with Crippen LogP contribution in [-0.4, -0.2) is 24.0 Å². The first-order valence-corrected chi connectivity index (χ1v) is 14.5. The molecule has 6 aromatic rings. The van der Waals surface area contributed by atoms with Crippen LogP contribution in [0.3, 0.4) is 0 Å². The fourth-order valence-corrected chi connectivity index (χ4v) is 5.69. The number of methoxy groups -OCH3 is 2. The second kappa shape index (κ2) is 10.8. The molecule has 41 heavy (non-hydrogen) atoms. The largest absolute Gasteiger partial charge is 0.524 e. The van der Waals surface area contributed by atoms with Crippen LogP contribution in [0.1, 0.15) is 0 Å². The van der Waals surface area contributed by atoms with Gasteiger partial charge in [0.15, 0.2) is 0 Å². The van der Waals surface area contributed by atoms with Gasteiger partial charge in [0.25, 0.3) is 0 Å². The summed E-state index contributed by atoms with van der Waals surface area (Å²) < 4.78 is 28.7. The lowest BCUT2D eigenvalue weighted by atomic mass is 9.87. The molecule has 0 radical (unpaired) electrons. The lowest BCUT2D eigenvalue weighted by molar-refractivity contribution is 0.284. The van der Waals surface area contributed by atoms with Crippen molar-refractivity contribution in [3.05, 3.63) is 115 Å². The number of rotatable bonds is 7. The number of benzene rings is 6. The zero-order valence-electron chi connectivity index (χ0n) is 22.4. The molecule has 0 saturated carbocycles. The molecule has 0 aliphatic heterocycles. The first kappa shape index (κ1) is 26.6. The number of hydrogen-bond donors (Lipinski definition) is 2. The molecule has 6 nitrogen and oxygen atoms in total. The van der Waals surface area contributed by atoms with Gasteiger partial charge in [0, 0.05) is 11.1 Å². The molecule has 7 heteroatoms. The summed E-state index contributed by atoms with van der Waals surface area (Å²) >= 11 is 0. The van der Waals surface area contributed by atoms with E-state index in [9.17, 15) is 14.4 Å². The van der Waals surface area contributed by atoms with Crippen molar-refractivity contribution in [2.24, 2.45) is 0 Å². The third kappa shape index (κ3) is 5.29. The summed E-state index contributed by atoms with van der Waals surface area (Å²) in [4.78, 5) is 20.2. The quantitative estimate of drug-likeness (QED) is 0.190. The Labute approximate surface area is 237 Å². The minimum atomic E-state index is -4.95. The Hall–Kier alpha value is -4.61. The molecule has 0 aromatic heterocycles. The fourth-order valence-electron chi connectivity index (χ4n) is 5.26. The van der Waals surface area contributed by atoms with Crippen LogP contribution in [0.15, 0.2) is 115 Å². The highest BCUT2D eigenvalue weighted by Gasteiger charge is 2.26. The molecular formula is C34H27O6P. The lowest BCUT2D eigenvalue weighted by Crippen LogP contribution is -1.98. The summed E-state index contributed by atoms with van der Waals surface area (Å²) in [6, 6.07) is 37.0. The molecule has 0 saturated heterocycles. The third-order valence-corrected chi connectivity index (χ3v) is 7.59. The second-order valence-corrected chi connectivity index (χ2v) is 10.8.